The molecule has 0 heterocycles. The number of phenols is 1. The lowest BCUT2D eigenvalue weighted by atomic mass is 9.87. The van der Waals surface area contributed by atoms with Crippen molar-refractivity contribution in [1.29, 1.82) is 0 Å². The summed E-state index contributed by atoms with van der Waals surface area (Å²) in [5.74, 6) is -0.265. The number of aromatic hydroxyl groups is 1. The Hall–Kier alpha value is -1.55. The van der Waals surface area contributed by atoms with Gasteiger partial charge >= 0.3 is 0 Å². The summed E-state index contributed by atoms with van der Waals surface area (Å²) in [6.07, 6.45) is 0. The molecule has 0 radical (unpaired) electrons. The summed E-state index contributed by atoms with van der Waals surface area (Å²) in [6.45, 7) is 7.80. The number of nitrogens with one attached hydrogen (secondary N) is 1. The standard InChI is InChI=1S/C13H20N2O2/c1-8(14)12(17)15-10-7-9(13(2,3)4)5-6-11(10)16/h5-8,16H,14H2,1-4H3,(H,15,17)/t8-/m0/s1. The molecule has 1 atom stereocenters. The van der Waals surface area contributed by atoms with Gasteiger partial charge in [-0.05, 0) is 30.0 Å². The number of hydrogen-bond donors (Lipinski definition) is 3. The highest BCUT2D eigenvalue weighted by molar-refractivity contribution is 5.95. The molecular weight excluding hydrogens is 216 g/mol. The van der Waals surface area contributed by atoms with Crippen molar-refractivity contribution in [3.63, 3.8) is 0 Å². The number of amides is 1. The van der Waals surface area contributed by atoms with Gasteiger partial charge in [0, 0.05) is 0 Å². The van der Waals surface area contributed by atoms with Crippen LogP contribution in [0.15, 0.2) is 18.2 Å². The molecule has 94 valence electrons. The fourth-order valence-corrected chi connectivity index (χ4v) is 1.35. The Morgan fingerprint density at radius 2 is 2.00 bits per heavy atom. The first-order valence-corrected chi connectivity index (χ1v) is 5.62. The molecular formula is C13H20N2O2. The van der Waals surface area contributed by atoms with E-state index in [1.807, 2.05) is 6.07 Å². The van der Waals surface area contributed by atoms with Gasteiger partial charge in [0.2, 0.25) is 5.91 Å². The summed E-state index contributed by atoms with van der Waals surface area (Å²) in [5.41, 5.74) is 6.86. The van der Waals surface area contributed by atoms with Crippen LogP contribution in [0, 0.1) is 0 Å². The van der Waals surface area contributed by atoms with Gasteiger partial charge in [-0.2, -0.15) is 0 Å². The average Bonchev–Trinajstić information content (AvgIpc) is 2.19. The van der Waals surface area contributed by atoms with E-state index in [0.717, 1.165) is 5.56 Å². The Kier molecular flexibility index (Phi) is 3.78. The topological polar surface area (TPSA) is 75.4 Å². The van der Waals surface area contributed by atoms with Gasteiger partial charge in [0.05, 0.1) is 11.7 Å². The van der Waals surface area contributed by atoms with Crippen LogP contribution in [0.4, 0.5) is 5.69 Å². The minimum atomic E-state index is -0.604. The maximum absolute atomic E-state index is 11.5. The van der Waals surface area contributed by atoms with Crippen molar-refractivity contribution in [1.82, 2.24) is 0 Å². The second kappa shape index (κ2) is 4.75. The Morgan fingerprint density at radius 3 is 2.47 bits per heavy atom. The monoisotopic (exact) mass is 236 g/mol. The van der Waals surface area contributed by atoms with E-state index in [4.69, 9.17) is 5.73 Å². The molecule has 1 rings (SSSR count). The second-order valence-electron chi connectivity index (χ2n) is 5.26. The van der Waals surface area contributed by atoms with Crippen LogP contribution >= 0.6 is 0 Å². The third-order valence-corrected chi connectivity index (χ3v) is 2.53. The fraction of sp³-hybridized carbons (Fsp3) is 0.462. The number of anilines is 1. The third kappa shape index (κ3) is 3.46. The largest absolute Gasteiger partial charge is 0.506 e. The Labute approximate surface area is 102 Å². The molecule has 0 unspecified atom stereocenters. The van der Waals surface area contributed by atoms with Crippen LogP contribution in [0.5, 0.6) is 5.75 Å². The molecule has 17 heavy (non-hydrogen) atoms. The summed E-state index contributed by atoms with van der Waals surface area (Å²) in [7, 11) is 0. The molecule has 4 heteroatoms. The van der Waals surface area contributed by atoms with Gasteiger partial charge in [0.15, 0.2) is 0 Å². The van der Waals surface area contributed by atoms with Crippen LogP contribution < -0.4 is 11.1 Å². The van der Waals surface area contributed by atoms with Crippen LogP contribution in [-0.2, 0) is 10.2 Å². The first-order chi connectivity index (χ1) is 7.71. The number of hydrogen-bond acceptors (Lipinski definition) is 3. The highest BCUT2D eigenvalue weighted by Gasteiger charge is 2.17. The molecule has 0 fully saturated rings. The van der Waals surface area contributed by atoms with Crippen LogP contribution in [-0.4, -0.2) is 17.1 Å². The van der Waals surface area contributed by atoms with Crippen molar-refractivity contribution in [2.45, 2.75) is 39.2 Å². The summed E-state index contributed by atoms with van der Waals surface area (Å²) in [6, 6.07) is 4.59. The van der Waals surface area contributed by atoms with E-state index < -0.39 is 6.04 Å². The number of phenolic OH excluding ortho intramolecular Hbond substituents is 1. The second-order valence-corrected chi connectivity index (χ2v) is 5.26. The average molecular weight is 236 g/mol. The van der Waals surface area contributed by atoms with Gasteiger partial charge in [-0.3, -0.25) is 4.79 Å². The van der Waals surface area contributed by atoms with E-state index in [1.54, 1.807) is 19.1 Å². The van der Waals surface area contributed by atoms with Crippen LogP contribution in [0.1, 0.15) is 33.3 Å². The van der Waals surface area contributed by atoms with Crippen LogP contribution in [0.3, 0.4) is 0 Å². The third-order valence-electron chi connectivity index (χ3n) is 2.53. The fourth-order valence-electron chi connectivity index (χ4n) is 1.35. The molecule has 4 nitrogen and oxygen atoms in total. The van der Waals surface area contributed by atoms with Crippen molar-refractivity contribution in [3.05, 3.63) is 23.8 Å². The predicted molar refractivity (Wildman–Crippen MR) is 69.1 cm³/mol. The molecule has 0 saturated heterocycles. The molecule has 0 saturated carbocycles. The first kappa shape index (κ1) is 13.5. The van der Waals surface area contributed by atoms with Crippen molar-refractivity contribution in [2.24, 2.45) is 5.73 Å². The van der Waals surface area contributed by atoms with E-state index in [2.05, 4.69) is 26.1 Å². The Bertz CT molecular complexity index is 420. The van der Waals surface area contributed by atoms with Crippen LogP contribution in [0.25, 0.3) is 0 Å². The maximum atomic E-state index is 11.5. The molecule has 0 spiro atoms. The number of rotatable bonds is 2. The lowest BCUT2D eigenvalue weighted by Gasteiger charge is -2.20. The van der Waals surface area contributed by atoms with Crippen molar-refractivity contribution in [3.8, 4) is 5.75 Å². The summed E-state index contributed by atoms with van der Waals surface area (Å²) < 4.78 is 0. The van der Waals surface area contributed by atoms with E-state index in [1.165, 1.54) is 0 Å². The maximum Gasteiger partial charge on any atom is 0.241 e. The van der Waals surface area contributed by atoms with Crippen LogP contribution in [0.2, 0.25) is 0 Å². The lowest BCUT2D eigenvalue weighted by molar-refractivity contribution is -0.117. The first-order valence-electron chi connectivity index (χ1n) is 5.62. The van der Waals surface area contributed by atoms with E-state index >= 15 is 0 Å². The van der Waals surface area contributed by atoms with E-state index in [9.17, 15) is 9.90 Å². The Morgan fingerprint density at radius 1 is 1.41 bits per heavy atom. The van der Waals surface area contributed by atoms with Gasteiger partial charge < -0.3 is 16.2 Å². The highest BCUT2D eigenvalue weighted by atomic mass is 16.3. The van der Waals surface area contributed by atoms with E-state index in [-0.39, 0.29) is 17.1 Å². The summed E-state index contributed by atoms with van der Waals surface area (Å²) in [4.78, 5) is 11.5. The van der Waals surface area contributed by atoms with Gasteiger partial charge in [-0.25, -0.2) is 0 Å². The number of benzene rings is 1. The Balaban J connectivity index is 3.03. The zero-order chi connectivity index (χ0) is 13.2. The predicted octanol–water partition coefficient (Wildman–Crippen LogP) is 1.98. The van der Waals surface area contributed by atoms with Crippen molar-refractivity contribution >= 4 is 11.6 Å². The minimum absolute atomic E-state index is 0.0402. The highest BCUT2D eigenvalue weighted by Crippen LogP contribution is 2.30. The molecule has 0 bridgehead atoms. The van der Waals surface area contributed by atoms with Gasteiger partial charge in [0.25, 0.3) is 0 Å². The zero-order valence-electron chi connectivity index (χ0n) is 10.7. The SMILES string of the molecule is C[C@H](N)C(=O)Nc1cc(C(C)(C)C)ccc1O. The molecule has 0 aliphatic rings. The molecule has 4 N–H and O–H groups in total. The molecule has 0 aromatic heterocycles. The number of carbonyl (C=O) groups excluding carboxylic acids is 1. The van der Waals surface area contributed by atoms with Gasteiger partial charge in [0.1, 0.15) is 5.75 Å². The summed E-state index contributed by atoms with van der Waals surface area (Å²) >= 11 is 0. The summed E-state index contributed by atoms with van der Waals surface area (Å²) in [5, 5.41) is 12.3. The lowest BCUT2D eigenvalue weighted by Crippen LogP contribution is -2.32. The molecule has 1 amide bonds. The normalized spacial score (nSPS) is 13.2. The van der Waals surface area contributed by atoms with E-state index in [0.29, 0.717) is 5.69 Å². The number of nitrogens with two attached hydrogens (primary N) is 1. The molecule has 1 aromatic carbocycles. The van der Waals surface area contributed by atoms with Crippen molar-refractivity contribution < 1.29 is 9.90 Å². The quantitative estimate of drug-likeness (QED) is 0.687. The molecule has 0 aliphatic heterocycles. The molecule has 0 aliphatic carbocycles. The minimum Gasteiger partial charge on any atom is -0.506 e. The van der Waals surface area contributed by atoms with Crippen molar-refractivity contribution in [2.75, 3.05) is 5.32 Å². The van der Waals surface area contributed by atoms with Gasteiger partial charge in [-0.1, -0.05) is 26.8 Å². The molecule has 1 aromatic rings. The number of carbonyl (C=O) groups is 1. The van der Waals surface area contributed by atoms with Gasteiger partial charge in [-0.15, -0.1) is 0 Å². The zero-order valence-corrected chi connectivity index (χ0v) is 10.7. The smallest absolute Gasteiger partial charge is 0.241 e.